The lowest BCUT2D eigenvalue weighted by Gasteiger charge is -2.22. The molecule has 0 saturated carbocycles. The molecule has 7 nitrogen and oxygen atoms in total. The summed E-state index contributed by atoms with van der Waals surface area (Å²) in [6, 6.07) is 1.44. The van der Waals surface area contributed by atoms with Gasteiger partial charge in [-0.2, -0.15) is 0 Å². The maximum atomic E-state index is 12.0. The van der Waals surface area contributed by atoms with E-state index in [-0.39, 0.29) is 17.3 Å². The molecule has 0 aliphatic rings. The van der Waals surface area contributed by atoms with Gasteiger partial charge in [-0.05, 0) is 22.0 Å². The van der Waals surface area contributed by atoms with E-state index in [1.807, 2.05) is 0 Å². The van der Waals surface area contributed by atoms with Gasteiger partial charge in [0.05, 0.1) is 0 Å². The summed E-state index contributed by atoms with van der Waals surface area (Å²) in [6.45, 7) is 3.31. The summed E-state index contributed by atoms with van der Waals surface area (Å²) in [5, 5.41) is 11.5. The molecule has 0 fully saturated rings. The van der Waals surface area contributed by atoms with Gasteiger partial charge in [0.1, 0.15) is 10.7 Å². The van der Waals surface area contributed by atoms with Crippen LogP contribution in [0.25, 0.3) is 0 Å². The Kier molecular flexibility index (Phi) is 4.88. The van der Waals surface area contributed by atoms with E-state index in [9.17, 15) is 8.42 Å². The van der Waals surface area contributed by atoms with Crippen molar-refractivity contribution in [1.82, 2.24) is 9.71 Å². The Labute approximate surface area is 120 Å². The van der Waals surface area contributed by atoms with E-state index >= 15 is 0 Å². The topological polar surface area (TPSA) is 118 Å². The summed E-state index contributed by atoms with van der Waals surface area (Å²) in [7, 11) is -3.69. The average molecular weight is 351 g/mol. The molecule has 0 spiro atoms. The lowest BCUT2D eigenvalue weighted by Crippen LogP contribution is -2.42. The van der Waals surface area contributed by atoms with Gasteiger partial charge < -0.3 is 10.9 Å². The fourth-order valence-corrected chi connectivity index (χ4v) is 2.84. The maximum Gasteiger partial charge on any atom is 0.242 e. The average Bonchev–Trinajstić information content (AvgIpc) is 2.35. The summed E-state index contributed by atoms with van der Waals surface area (Å²) in [6.07, 6.45) is 2.73. The van der Waals surface area contributed by atoms with Crippen LogP contribution in [0.15, 0.2) is 33.0 Å². The van der Waals surface area contributed by atoms with Gasteiger partial charge in [-0.3, -0.25) is 4.98 Å². The second-order valence-electron chi connectivity index (χ2n) is 4.53. The van der Waals surface area contributed by atoms with Gasteiger partial charge in [0.2, 0.25) is 10.0 Å². The Hall–Kier alpha value is -1.19. The first-order valence-corrected chi connectivity index (χ1v) is 7.55. The van der Waals surface area contributed by atoms with Crippen molar-refractivity contribution in [2.24, 2.45) is 16.3 Å². The van der Waals surface area contributed by atoms with E-state index in [2.05, 4.69) is 30.8 Å². The predicted octanol–water partition coefficient (Wildman–Crippen LogP) is 0.895. The first-order valence-electron chi connectivity index (χ1n) is 5.27. The summed E-state index contributed by atoms with van der Waals surface area (Å²) >= 11 is 3.15. The van der Waals surface area contributed by atoms with E-state index in [1.165, 1.54) is 18.5 Å². The summed E-state index contributed by atoms with van der Waals surface area (Å²) in [4.78, 5) is 3.83. The van der Waals surface area contributed by atoms with E-state index in [1.54, 1.807) is 13.8 Å². The number of sulfonamides is 1. The Morgan fingerprint density at radius 3 is 2.74 bits per heavy atom. The molecule has 106 valence electrons. The molecule has 0 amide bonds. The van der Waals surface area contributed by atoms with E-state index in [0.717, 1.165) is 0 Å². The molecule has 19 heavy (non-hydrogen) atoms. The van der Waals surface area contributed by atoms with Crippen molar-refractivity contribution in [3.8, 4) is 0 Å². The smallest absolute Gasteiger partial charge is 0.242 e. The maximum absolute atomic E-state index is 12.0. The predicted molar refractivity (Wildman–Crippen MR) is 74.3 cm³/mol. The highest BCUT2D eigenvalue weighted by molar-refractivity contribution is 9.10. The zero-order valence-electron chi connectivity index (χ0n) is 10.5. The van der Waals surface area contributed by atoms with Crippen LogP contribution in [0.2, 0.25) is 0 Å². The zero-order valence-corrected chi connectivity index (χ0v) is 12.9. The molecule has 0 unspecified atom stereocenters. The van der Waals surface area contributed by atoms with Crippen LogP contribution in [-0.4, -0.2) is 31.0 Å². The number of nitrogens with two attached hydrogens (primary N) is 1. The number of pyridine rings is 1. The minimum absolute atomic E-state index is 0.00224. The van der Waals surface area contributed by atoms with E-state index in [4.69, 9.17) is 10.9 Å². The molecule has 1 aromatic rings. The van der Waals surface area contributed by atoms with Crippen LogP contribution >= 0.6 is 15.9 Å². The monoisotopic (exact) mass is 350 g/mol. The Bertz CT molecular complexity index is 586. The normalized spacial score (nSPS) is 13.5. The summed E-state index contributed by atoms with van der Waals surface area (Å²) in [5.41, 5.74) is 4.68. The number of oxime groups is 1. The fraction of sp³-hybridized carbons (Fsp3) is 0.400. The molecule has 0 radical (unpaired) electrons. The van der Waals surface area contributed by atoms with Crippen molar-refractivity contribution in [3.05, 3.63) is 22.9 Å². The third-order valence-electron chi connectivity index (χ3n) is 2.50. The highest BCUT2D eigenvalue weighted by Crippen LogP contribution is 2.17. The van der Waals surface area contributed by atoms with Crippen LogP contribution in [0, 0.1) is 5.41 Å². The number of rotatable bonds is 5. The van der Waals surface area contributed by atoms with Crippen molar-refractivity contribution in [3.63, 3.8) is 0 Å². The molecule has 1 aromatic heterocycles. The van der Waals surface area contributed by atoms with Crippen molar-refractivity contribution in [1.29, 1.82) is 0 Å². The largest absolute Gasteiger partial charge is 0.409 e. The van der Waals surface area contributed by atoms with Crippen LogP contribution in [0.5, 0.6) is 0 Å². The minimum Gasteiger partial charge on any atom is -0.409 e. The molecule has 0 atom stereocenters. The number of nitrogens with zero attached hydrogens (tertiary/aromatic N) is 2. The van der Waals surface area contributed by atoms with E-state index in [0.29, 0.717) is 4.47 Å². The minimum atomic E-state index is -3.69. The molecule has 9 heteroatoms. The molecule has 0 bridgehead atoms. The second kappa shape index (κ2) is 5.85. The van der Waals surface area contributed by atoms with Gasteiger partial charge in [-0.25, -0.2) is 13.1 Å². The third-order valence-corrected chi connectivity index (χ3v) is 4.30. The molecule has 4 N–H and O–H groups in total. The standard InChI is InChI=1S/C10H15BrN4O3S/c1-10(2,9(12)15-16)6-14-19(17,18)8-3-7(11)4-13-5-8/h3-5,14,16H,6H2,1-2H3,(H2,12,15). The fourth-order valence-electron chi connectivity index (χ4n) is 1.12. The van der Waals surface area contributed by atoms with Crippen molar-refractivity contribution >= 4 is 31.8 Å². The molecule has 1 rings (SSSR count). The Morgan fingerprint density at radius 2 is 2.21 bits per heavy atom. The Morgan fingerprint density at radius 1 is 1.58 bits per heavy atom. The number of halogens is 1. The second-order valence-corrected chi connectivity index (χ2v) is 7.22. The first kappa shape index (κ1) is 15.9. The third kappa shape index (κ3) is 4.15. The highest BCUT2D eigenvalue weighted by atomic mass is 79.9. The number of aromatic nitrogens is 1. The van der Waals surface area contributed by atoms with Crippen LogP contribution in [0.4, 0.5) is 0 Å². The van der Waals surface area contributed by atoms with Gasteiger partial charge in [-0.15, -0.1) is 0 Å². The molecule has 0 saturated heterocycles. The lowest BCUT2D eigenvalue weighted by molar-refractivity contribution is 0.307. The van der Waals surface area contributed by atoms with Crippen molar-refractivity contribution in [2.45, 2.75) is 18.7 Å². The number of hydrogen-bond donors (Lipinski definition) is 3. The van der Waals surface area contributed by atoms with Gasteiger partial charge in [-0.1, -0.05) is 19.0 Å². The molecule has 1 heterocycles. The van der Waals surface area contributed by atoms with Crippen molar-refractivity contribution < 1.29 is 13.6 Å². The van der Waals surface area contributed by atoms with Gasteiger partial charge in [0, 0.05) is 28.8 Å². The molecular weight excluding hydrogens is 336 g/mol. The van der Waals surface area contributed by atoms with E-state index < -0.39 is 15.4 Å². The highest BCUT2D eigenvalue weighted by Gasteiger charge is 2.26. The Balaban J connectivity index is 2.88. The van der Waals surface area contributed by atoms with Crippen LogP contribution in [-0.2, 0) is 10.0 Å². The quantitative estimate of drug-likeness (QED) is 0.315. The first-order chi connectivity index (χ1) is 8.69. The molecule has 0 aliphatic heterocycles. The van der Waals surface area contributed by atoms with Gasteiger partial charge in [0.15, 0.2) is 0 Å². The SMILES string of the molecule is CC(C)(CNS(=O)(=O)c1cncc(Br)c1)/C(N)=N/O. The molecule has 0 aromatic carbocycles. The summed E-state index contributed by atoms with van der Waals surface area (Å²) < 4.78 is 27.0. The number of amidine groups is 1. The van der Waals surface area contributed by atoms with Crippen LogP contribution in [0.1, 0.15) is 13.8 Å². The van der Waals surface area contributed by atoms with Crippen LogP contribution in [0.3, 0.4) is 0 Å². The number of nitrogens with one attached hydrogen (secondary N) is 1. The lowest BCUT2D eigenvalue weighted by atomic mass is 9.93. The molecular formula is C10H15BrN4O3S. The van der Waals surface area contributed by atoms with Gasteiger partial charge in [0.25, 0.3) is 0 Å². The van der Waals surface area contributed by atoms with Gasteiger partial charge >= 0.3 is 0 Å². The van der Waals surface area contributed by atoms with Crippen molar-refractivity contribution in [2.75, 3.05) is 6.54 Å². The zero-order chi connectivity index (χ0) is 14.7. The summed E-state index contributed by atoms with van der Waals surface area (Å²) in [5.74, 6) is -0.0532. The number of hydrogen-bond acceptors (Lipinski definition) is 5. The van der Waals surface area contributed by atoms with Crippen LogP contribution < -0.4 is 10.5 Å². The molecule has 0 aliphatic carbocycles.